The first kappa shape index (κ1) is 14.4. The van der Waals surface area contributed by atoms with Crippen LogP contribution < -0.4 is 5.73 Å². The van der Waals surface area contributed by atoms with Crippen molar-refractivity contribution in [3.05, 3.63) is 0 Å². The summed E-state index contributed by atoms with van der Waals surface area (Å²) in [6.07, 6.45) is -0.428. The number of likely N-dealkylation sites (N-methyl/N-ethyl adjacent to an activating group) is 2. The molecule has 0 spiro atoms. The summed E-state index contributed by atoms with van der Waals surface area (Å²) in [6.45, 7) is 5.42. The van der Waals surface area contributed by atoms with E-state index in [0.717, 1.165) is 26.2 Å². The maximum absolute atomic E-state index is 10.7. The normalized spacial score (nSPS) is 20.7. The summed E-state index contributed by atoms with van der Waals surface area (Å²) < 4.78 is 0. The molecule has 1 fully saturated rings. The minimum absolute atomic E-state index is 0.194. The van der Waals surface area contributed by atoms with Crippen molar-refractivity contribution in [2.75, 3.05) is 59.9 Å². The molecule has 0 saturated carbocycles. The van der Waals surface area contributed by atoms with Crippen LogP contribution in [0.2, 0.25) is 0 Å². The molecule has 1 heterocycles. The molecule has 1 rings (SSSR count). The average molecular weight is 244 g/mol. The fraction of sp³-hybridized carbons (Fsp3) is 0.909. The van der Waals surface area contributed by atoms with Crippen LogP contribution in [-0.4, -0.2) is 91.7 Å². The predicted molar refractivity (Wildman–Crippen MR) is 66.6 cm³/mol. The van der Waals surface area contributed by atoms with Gasteiger partial charge in [-0.2, -0.15) is 0 Å². The van der Waals surface area contributed by atoms with E-state index in [0.29, 0.717) is 13.1 Å². The molecule has 1 unspecified atom stereocenters. The van der Waals surface area contributed by atoms with Crippen LogP contribution in [-0.2, 0) is 4.79 Å². The standard InChI is InChI=1S/C11H24N4O2/c1-13-3-5-15(6-4-13)8-10(16)7-14(2)9-11(12)17/h10,16H,3-9H2,1-2H3,(H2,12,17). The molecule has 0 bridgehead atoms. The quantitative estimate of drug-likeness (QED) is 0.566. The number of carbonyl (C=O) groups is 1. The van der Waals surface area contributed by atoms with Gasteiger partial charge in [0.15, 0.2) is 0 Å². The number of carbonyl (C=O) groups excluding carboxylic acids is 1. The Labute approximate surface area is 103 Å². The summed E-state index contributed by atoms with van der Waals surface area (Å²) in [5, 5.41) is 9.90. The largest absolute Gasteiger partial charge is 0.390 e. The van der Waals surface area contributed by atoms with Gasteiger partial charge in [-0.1, -0.05) is 0 Å². The number of hydrogen-bond acceptors (Lipinski definition) is 5. The van der Waals surface area contributed by atoms with E-state index < -0.39 is 6.10 Å². The van der Waals surface area contributed by atoms with Crippen molar-refractivity contribution >= 4 is 5.91 Å². The summed E-state index contributed by atoms with van der Waals surface area (Å²) >= 11 is 0. The fourth-order valence-electron chi connectivity index (χ4n) is 2.08. The van der Waals surface area contributed by atoms with E-state index in [4.69, 9.17) is 5.73 Å². The summed E-state index contributed by atoms with van der Waals surface area (Å²) in [4.78, 5) is 17.0. The third-order valence-corrected chi connectivity index (χ3v) is 3.01. The lowest BCUT2D eigenvalue weighted by atomic mass is 10.2. The van der Waals surface area contributed by atoms with Crippen LogP contribution in [0.1, 0.15) is 0 Å². The van der Waals surface area contributed by atoms with E-state index in [1.54, 1.807) is 11.9 Å². The number of aliphatic hydroxyl groups excluding tert-OH is 1. The molecular weight excluding hydrogens is 220 g/mol. The number of nitrogens with two attached hydrogens (primary N) is 1. The molecule has 3 N–H and O–H groups in total. The van der Waals surface area contributed by atoms with Crippen LogP contribution in [0, 0.1) is 0 Å². The summed E-state index contributed by atoms with van der Waals surface area (Å²) in [6, 6.07) is 0. The van der Waals surface area contributed by atoms with Gasteiger partial charge in [-0.3, -0.25) is 14.6 Å². The first-order valence-electron chi connectivity index (χ1n) is 6.03. The molecule has 0 aromatic carbocycles. The maximum atomic E-state index is 10.7. The monoisotopic (exact) mass is 244 g/mol. The Morgan fingerprint density at radius 1 is 1.41 bits per heavy atom. The predicted octanol–water partition coefficient (Wildman–Crippen LogP) is -1.99. The summed E-state index contributed by atoms with van der Waals surface area (Å²) in [5.74, 6) is -0.362. The number of β-amino-alcohol motifs (C(OH)–C–C–N with tert-alkyl or cyclic N) is 1. The Kier molecular flexibility index (Phi) is 5.84. The molecule has 1 amide bonds. The van der Waals surface area contributed by atoms with Gasteiger partial charge < -0.3 is 15.7 Å². The molecule has 1 aliphatic rings. The number of aliphatic hydroxyl groups is 1. The Morgan fingerprint density at radius 2 is 2.00 bits per heavy atom. The van der Waals surface area contributed by atoms with E-state index in [9.17, 15) is 9.90 Å². The van der Waals surface area contributed by atoms with Crippen molar-refractivity contribution < 1.29 is 9.90 Å². The van der Waals surface area contributed by atoms with Crippen LogP contribution in [0.25, 0.3) is 0 Å². The maximum Gasteiger partial charge on any atom is 0.231 e. The van der Waals surface area contributed by atoms with Gasteiger partial charge in [-0.15, -0.1) is 0 Å². The van der Waals surface area contributed by atoms with Gasteiger partial charge in [0.05, 0.1) is 12.6 Å². The van der Waals surface area contributed by atoms with Gasteiger partial charge in [0.2, 0.25) is 5.91 Å². The molecule has 1 atom stereocenters. The molecular formula is C11H24N4O2. The smallest absolute Gasteiger partial charge is 0.231 e. The second-order valence-electron chi connectivity index (χ2n) is 4.92. The highest BCUT2D eigenvalue weighted by atomic mass is 16.3. The molecule has 1 aliphatic heterocycles. The van der Waals surface area contributed by atoms with E-state index in [1.165, 1.54) is 0 Å². The number of rotatable bonds is 6. The van der Waals surface area contributed by atoms with E-state index in [2.05, 4.69) is 16.8 Å². The van der Waals surface area contributed by atoms with Crippen molar-refractivity contribution in [1.82, 2.24) is 14.7 Å². The zero-order valence-corrected chi connectivity index (χ0v) is 10.8. The first-order valence-corrected chi connectivity index (χ1v) is 6.03. The van der Waals surface area contributed by atoms with Gasteiger partial charge in [-0.25, -0.2) is 0 Å². The minimum Gasteiger partial charge on any atom is -0.390 e. The molecule has 6 nitrogen and oxygen atoms in total. The highest BCUT2D eigenvalue weighted by Crippen LogP contribution is 2.01. The number of nitrogens with zero attached hydrogens (tertiary/aromatic N) is 3. The minimum atomic E-state index is -0.428. The van der Waals surface area contributed by atoms with E-state index >= 15 is 0 Å². The Balaban J connectivity index is 2.20. The van der Waals surface area contributed by atoms with Crippen molar-refractivity contribution in [3.8, 4) is 0 Å². The number of amides is 1. The zero-order valence-electron chi connectivity index (χ0n) is 10.8. The molecule has 17 heavy (non-hydrogen) atoms. The molecule has 6 heteroatoms. The molecule has 0 radical (unpaired) electrons. The lowest BCUT2D eigenvalue weighted by molar-refractivity contribution is -0.119. The van der Waals surface area contributed by atoms with E-state index in [1.807, 2.05) is 0 Å². The van der Waals surface area contributed by atoms with Gasteiger partial charge in [-0.05, 0) is 14.1 Å². The van der Waals surface area contributed by atoms with Crippen LogP contribution in [0.3, 0.4) is 0 Å². The zero-order chi connectivity index (χ0) is 12.8. The SMILES string of the molecule is CN1CCN(CC(O)CN(C)CC(N)=O)CC1. The average Bonchev–Trinajstić information content (AvgIpc) is 2.19. The van der Waals surface area contributed by atoms with Gasteiger partial charge in [0, 0.05) is 39.3 Å². The second-order valence-corrected chi connectivity index (χ2v) is 4.92. The lowest BCUT2D eigenvalue weighted by Crippen LogP contribution is -2.49. The second kappa shape index (κ2) is 6.90. The highest BCUT2D eigenvalue weighted by molar-refractivity contribution is 5.75. The summed E-state index contributed by atoms with van der Waals surface area (Å²) in [7, 11) is 3.90. The molecule has 0 aliphatic carbocycles. The van der Waals surface area contributed by atoms with E-state index in [-0.39, 0.29) is 12.5 Å². The third kappa shape index (κ3) is 5.97. The number of piperazine rings is 1. The van der Waals surface area contributed by atoms with Gasteiger partial charge in [0.25, 0.3) is 0 Å². The van der Waals surface area contributed by atoms with Crippen LogP contribution in [0.4, 0.5) is 0 Å². The highest BCUT2D eigenvalue weighted by Gasteiger charge is 2.18. The fourth-order valence-corrected chi connectivity index (χ4v) is 2.08. The van der Waals surface area contributed by atoms with Gasteiger partial charge >= 0.3 is 0 Å². The number of hydrogen-bond donors (Lipinski definition) is 2. The molecule has 100 valence electrons. The topological polar surface area (TPSA) is 73.0 Å². The third-order valence-electron chi connectivity index (χ3n) is 3.01. The number of primary amides is 1. The van der Waals surface area contributed by atoms with Crippen LogP contribution >= 0.6 is 0 Å². The van der Waals surface area contributed by atoms with Crippen LogP contribution in [0.15, 0.2) is 0 Å². The first-order chi connectivity index (χ1) is 7.97. The Bertz CT molecular complexity index is 242. The lowest BCUT2D eigenvalue weighted by Gasteiger charge is -2.34. The Morgan fingerprint density at radius 3 is 2.53 bits per heavy atom. The van der Waals surface area contributed by atoms with Crippen molar-refractivity contribution in [2.24, 2.45) is 5.73 Å². The van der Waals surface area contributed by atoms with Crippen LogP contribution in [0.5, 0.6) is 0 Å². The Hall–Kier alpha value is -0.690. The molecule has 0 aromatic rings. The van der Waals surface area contributed by atoms with Crippen molar-refractivity contribution in [3.63, 3.8) is 0 Å². The van der Waals surface area contributed by atoms with Crippen molar-refractivity contribution in [1.29, 1.82) is 0 Å². The van der Waals surface area contributed by atoms with Gasteiger partial charge in [0.1, 0.15) is 0 Å². The molecule has 1 saturated heterocycles. The van der Waals surface area contributed by atoms with Crippen molar-refractivity contribution in [2.45, 2.75) is 6.10 Å². The summed E-state index contributed by atoms with van der Waals surface area (Å²) in [5.41, 5.74) is 5.09. The molecule has 0 aromatic heterocycles.